The van der Waals surface area contributed by atoms with Gasteiger partial charge in [0, 0.05) is 6.92 Å². The van der Waals surface area contributed by atoms with Gasteiger partial charge in [-0.1, -0.05) is 5.92 Å². The van der Waals surface area contributed by atoms with E-state index >= 15 is 0 Å². The Bertz CT molecular complexity index is 498. The zero-order chi connectivity index (χ0) is 21.0. The van der Waals surface area contributed by atoms with Crippen molar-refractivity contribution in [3.63, 3.8) is 0 Å². The van der Waals surface area contributed by atoms with E-state index in [0.717, 1.165) is 0 Å². The molecule has 1 fully saturated rings. The van der Waals surface area contributed by atoms with Crippen LogP contribution in [0.25, 0.3) is 0 Å². The van der Waals surface area contributed by atoms with Crippen LogP contribution in [0.1, 0.15) is 13.8 Å². The highest BCUT2D eigenvalue weighted by Crippen LogP contribution is 2.29. The zero-order valence-electron chi connectivity index (χ0n) is 16.3. The average molecular weight is 405 g/mol. The highest BCUT2D eigenvalue weighted by atomic mass is 16.6. The number of hydrogen-bond acceptors (Lipinski definition) is 9. The van der Waals surface area contributed by atoms with Crippen LogP contribution in [0.2, 0.25) is 0 Å². The number of ether oxygens (including phenoxy) is 5. The third kappa shape index (κ3) is 8.38. The summed E-state index contributed by atoms with van der Waals surface area (Å²) in [4.78, 5) is 11.1. The summed E-state index contributed by atoms with van der Waals surface area (Å²) in [5.74, 6) is 1.90. The summed E-state index contributed by atoms with van der Waals surface area (Å²) in [6, 6.07) is -1.12. The molecule has 0 aromatic rings. The van der Waals surface area contributed by atoms with Crippen molar-refractivity contribution in [1.29, 1.82) is 0 Å². The molecule has 1 amide bonds. The lowest BCUT2D eigenvalue weighted by Crippen LogP contribution is -2.68. The van der Waals surface area contributed by atoms with E-state index in [-0.39, 0.29) is 19.8 Å². The van der Waals surface area contributed by atoms with Gasteiger partial charge >= 0.3 is 0 Å². The number of amides is 1. The van der Waals surface area contributed by atoms with Gasteiger partial charge in [0.1, 0.15) is 30.5 Å². The Hall–Kier alpha value is -1.29. The van der Waals surface area contributed by atoms with Gasteiger partial charge in [-0.3, -0.25) is 4.79 Å². The van der Waals surface area contributed by atoms with Gasteiger partial charge in [-0.25, -0.2) is 0 Å². The molecule has 10 heteroatoms. The third-order valence-corrected chi connectivity index (χ3v) is 4.07. The van der Waals surface area contributed by atoms with Crippen molar-refractivity contribution in [2.45, 2.75) is 44.0 Å². The van der Waals surface area contributed by atoms with Gasteiger partial charge in [0.15, 0.2) is 6.29 Å². The number of carbonyl (C=O) groups is 1. The van der Waals surface area contributed by atoms with E-state index in [0.29, 0.717) is 33.0 Å². The Balaban J connectivity index is 2.17. The minimum absolute atomic E-state index is 0.0819. The van der Waals surface area contributed by atoms with E-state index < -0.39 is 36.0 Å². The molecule has 0 spiro atoms. The number of nitrogens with one attached hydrogen (secondary N) is 1. The molecule has 1 saturated heterocycles. The van der Waals surface area contributed by atoms with Gasteiger partial charge in [0.05, 0.1) is 46.2 Å². The number of hydrogen-bond donors (Lipinski definition) is 4. The first-order chi connectivity index (χ1) is 13.3. The normalized spacial score (nSPS) is 30.0. The van der Waals surface area contributed by atoms with Crippen LogP contribution in [-0.2, 0) is 28.5 Å². The number of rotatable bonds is 13. The van der Waals surface area contributed by atoms with Crippen LogP contribution < -0.4 is 5.32 Å². The fourth-order valence-electron chi connectivity index (χ4n) is 2.62. The molecule has 5 atom stereocenters. The SMILES string of the molecule is C#CCOCCOCCOCCOCC1(C)OC(O)C(NC(C)=O)C(O)C1O. The van der Waals surface area contributed by atoms with Crippen molar-refractivity contribution in [3.05, 3.63) is 0 Å². The van der Waals surface area contributed by atoms with Gasteiger partial charge in [0.25, 0.3) is 0 Å². The Morgan fingerprint density at radius 3 is 2.14 bits per heavy atom. The molecule has 0 saturated carbocycles. The van der Waals surface area contributed by atoms with Crippen LogP contribution in [0.15, 0.2) is 0 Å². The van der Waals surface area contributed by atoms with Crippen LogP contribution in [0, 0.1) is 12.3 Å². The number of aliphatic hydroxyl groups is 3. The molecule has 0 aliphatic carbocycles. The third-order valence-electron chi connectivity index (χ3n) is 4.07. The van der Waals surface area contributed by atoms with E-state index in [1.807, 2.05) is 0 Å². The lowest BCUT2D eigenvalue weighted by atomic mass is 9.87. The first kappa shape index (κ1) is 24.7. The van der Waals surface area contributed by atoms with Crippen LogP contribution in [0.5, 0.6) is 0 Å². The van der Waals surface area contributed by atoms with Gasteiger partial charge in [-0.15, -0.1) is 6.42 Å². The molecule has 0 bridgehead atoms. The summed E-state index contributed by atoms with van der Waals surface area (Å²) >= 11 is 0. The fourth-order valence-corrected chi connectivity index (χ4v) is 2.62. The van der Waals surface area contributed by atoms with Gasteiger partial charge in [-0.2, -0.15) is 0 Å². The molecule has 10 nitrogen and oxygen atoms in total. The Morgan fingerprint density at radius 1 is 1.07 bits per heavy atom. The Kier molecular flexibility index (Phi) is 11.5. The predicted molar refractivity (Wildman–Crippen MR) is 97.2 cm³/mol. The first-order valence-electron chi connectivity index (χ1n) is 9.05. The highest BCUT2D eigenvalue weighted by Gasteiger charge is 2.51. The molecule has 28 heavy (non-hydrogen) atoms. The van der Waals surface area contributed by atoms with Crippen molar-refractivity contribution >= 4 is 5.91 Å². The first-order valence-corrected chi connectivity index (χ1v) is 9.05. The summed E-state index contributed by atoms with van der Waals surface area (Å²) < 4.78 is 26.5. The quantitative estimate of drug-likeness (QED) is 0.203. The highest BCUT2D eigenvalue weighted by molar-refractivity contribution is 5.73. The standard InChI is InChI=1S/C18H31NO9/c1-4-5-24-6-7-25-8-9-26-10-11-27-12-18(3)16(22)15(21)14(17(23)28-18)19-13(2)20/h1,14-17,21-23H,5-12H2,2-3H3,(H,19,20). The van der Waals surface area contributed by atoms with Crippen molar-refractivity contribution < 1.29 is 43.8 Å². The molecular formula is C18H31NO9. The molecule has 162 valence electrons. The second-order valence-corrected chi connectivity index (χ2v) is 6.52. The summed E-state index contributed by atoms with van der Waals surface area (Å²) in [5, 5.41) is 32.8. The number of carbonyl (C=O) groups excluding carboxylic acids is 1. The van der Waals surface area contributed by atoms with Crippen molar-refractivity contribution in [3.8, 4) is 12.3 Å². The molecule has 1 rings (SSSR count). The van der Waals surface area contributed by atoms with E-state index in [9.17, 15) is 20.1 Å². The van der Waals surface area contributed by atoms with Crippen molar-refractivity contribution in [2.75, 3.05) is 52.9 Å². The molecule has 1 aliphatic rings. The fraction of sp³-hybridized carbons (Fsp3) is 0.833. The molecule has 4 N–H and O–H groups in total. The predicted octanol–water partition coefficient (Wildman–Crippen LogP) is -1.98. The summed E-state index contributed by atoms with van der Waals surface area (Å²) in [7, 11) is 0. The van der Waals surface area contributed by atoms with Gasteiger partial charge in [0.2, 0.25) is 5.91 Å². The van der Waals surface area contributed by atoms with Crippen LogP contribution in [0.3, 0.4) is 0 Å². The summed E-state index contributed by atoms with van der Waals surface area (Å²) in [5.41, 5.74) is -1.34. The zero-order valence-corrected chi connectivity index (χ0v) is 16.3. The maximum absolute atomic E-state index is 11.1. The molecule has 1 heterocycles. The molecule has 1 aliphatic heterocycles. The summed E-state index contributed by atoms with van der Waals surface area (Å²) in [6.45, 7) is 5.07. The second-order valence-electron chi connectivity index (χ2n) is 6.52. The smallest absolute Gasteiger partial charge is 0.217 e. The van der Waals surface area contributed by atoms with E-state index in [1.165, 1.54) is 13.8 Å². The average Bonchev–Trinajstić information content (AvgIpc) is 2.64. The van der Waals surface area contributed by atoms with Crippen LogP contribution in [-0.4, -0.2) is 104 Å². The van der Waals surface area contributed by atoms with E-state index in [4.69, 9.17) is 30.1 Å². The van der Waals surface area contributed by atoms with E-state index in [2.05, 4.69) is 11.2 Å². The molecule has 0 aromatic carbocycles. The van der Waals surface area contributed by atoms with Crippen LogP contribution >= 0.6 is 0 Å². The monoisotopic (exact) mass is 405 g/mol. The Labute approximate surface area is 165 Å². The second kappa shape index (κ2) is 13.0. The lowest BCUT2D eigenvalue weighted by molar-refractivity contribution is -0.297. The largest absolute Gasteiger partial charge is 0.388 e. The molecule has 0 radical (unpaired) electrons. The number of terminal acetylenes is 1. The minimum atomic E-state index is -1.48. The maximum Gasteiger partial charge on any atom is 0.217 e. The Morgan fingerprint density at radius 2 is 1.61 bits per heavy atom. The maximum atomic E-state index is 11.1. The van der Waals surface area contributed by atoms with Crippen molar-refractivity contribution in [1.82, 2.24) is 5.32 Å². The topological polar surface area (TPSA) is 136 Å². The van der Waals surface area contributed by atoms with Crippen LogP contribution in [0.4, 0.5) is 0 Å². The van der Waals surface area contributed by atoms with Gasteiger partial charge in [-0.05, 0) is 6.92 Å². The van der Waals surface area contributed by atoms with E-state index in [1.54, 1.807) is 0 Å². The molecular weight excluding hydrogens is 374 g/mol. The molecule has 5 unspecified atom stereocenters. The lowest BCUT2D eigenvalue weighted by Gasteiger charge is -2.46. The minimum Gasteiger partial charge on any atom is -0.388 e. The van der Waals surface area contributed by atoms with Crippen molar-refractivity contribution in [2.24, 2.45) is 0 Å². The number of aliphatic hydroxyl groups excluding tert-OH is 3. The summed E-state index contributed by atoms with van der Waals surface area (Å²) in [6.07, 6.45) is 0.796. The van der Waals surface area contributed by atoms with Gasteiger partial charge < -0.3 is 44.3 Å². The molecule has 0 aromatic heterocycles.